The Morgan fingerprint density at radius 3 is 2.61 bits per heavy atom. The zero-order chi connectivity index (χ0) is 28.6. The van der Waals surface area contributed by atoms with E-state index in [1.54, 1.807) is 31.5 Å². The predicted molar refractivity (Wildman–Crippen MR) is 159 cm³/mol. The van der Waals surface area contributed by atoms with Gasteiger partial charge < -0.3 is 15.4 Å². The van der Waals surface area contributed by atoms with Gasteiger partial charge in [-0.3, -0.25) is 4.72 Å². The lowest BCUT2D eigenvalue weighted by Crippen LogP contribution is -2.45. The summed E-state index contributed by atoms with van der Waals surface area (Å²) in [5.74, 6) is 1.33. The van der Waals surface area contributed by atoms with Crippen molar-refractivity contribution < 1.29 is 17.5 Å². The van der Waals surface area contributed by atoms with Gasteiger partial charge >= 0.3 is 0 Å². The zero-order valence-electron chi connectivity index (χ0n) is 23.0. The summed E-state index contributed by atoms with van der Waals surface area (Å²) in [4.78, 5) is 13.5. The van der Waals surface area contributed by atoms with Crippen LogP contribution in [0.1, 0.15) is 38.2 Å². The fourth-order valence-electron chi connectivity index (χ4n) is 5.44. The molecule has 0 unspecified atom stereocenters. The van der Waals surface area contributed by atoms with Crippen LogP contribution in [0.3, 0.4) is 0 Å². The molecule has 0 spiro atoms. The molecule has 3 heterocycles. The van der Waals surface area contributed by atoms with Crippen molar-refractivity contribution in [1.82, 2.24) is 20.3 Å². The third kappa shape index (κ3) is 5.43. The average molecular weight is 577 g/mol. The molecule has 9 nitrogen and oxygen atoms in total. The van der Waals surface area contributed by atoms with E-state index in [9.17, 15) is 12.8 Å². The highest BCUT2D eigenvalue weighted by Crippen LogP contribution is 2.43. The number of piperidine rings is 1. The van der Waals surface area contributed by atoms with E-state index in [1.807, 2.05) is 43.3 Å². The maximum absolute atomic E-state index is 13.9. The monoisotopic (exact) mass is 576 g/mol. The van der Waals surface area contributed by atoms with Gasteiger partial charge in [0.15, 0.2) is 0 Å². The standard InChI is InChI=1S/C30H33FN6O3S/c1-19-15-26(37-41(38,39)30(2)11-6-12-30)22-7-3-4-8-23(22)27(19)40-28-24(9-5-13-33-28)25-10-14-34-29(36-25)35-21-16-20(31)17-32-18-21/h3-5,7-10,13-15,20-21,32,37H,6,11-12,16-18H2,1-2H3,(H,34,35,36)/t20-,21-/m0/s1. The number of aryl methyl sites for hydroxylation is 1. The average Bonchev–Trinajstić information content (AvgIpc) is 2.94. The third-order valence-corrected chi connectivity index (χ3v) is 10.2. The van der Waals surface area contributed by atoms with Crippen LogP contribution in [0.15, 0.2) is 60.9 Å². The van der Waals surface area contributed by atoms with Crippen molar-refractivity contribution in [3.8, 4) is 22.9 Å². The molecule has 214 valence electrons. The molecule has 2 fully saturated rings. The molecule has 2 aromatic carbocycles. The van der Waals surface area contributed by atoms with Gasteiger partial charge in [-0.15, -0.1) is 0 Å². The number of alkyl halides is 1. The molecule has 1 aliphatic heterocycles. The zero-order valence-corrected chi connectivity index (χ0v) is 23.8. The lowest BCUT2D eigenvalue weighted by atomic mass is 9.86. The molecule has 3 N–H and O–H groups in total. The number of hydrogen-bond donors (Lipinski definition) is 3. The molecule has 0 bridgehead atoms. The highest BCUT2D eigenvalue weighted by molar-refractivity contribution is 7.94. The first-order valence-electron chi connectivity index (χ1n) is 13.8. The molecule has 11 heteroatoms. The number of fused-ring (bicyclic) bond motifs is 1. The van der Waals surface area contributed by atoms with Gasteiger partial charge in [-0.2, -0.15) is 0 Å². The third-order valence-electron chi connectivity index (χ3n) is 8.02. The lowest BCUT2D eigenvalue weighted by molar-refractivity contribution is 0.254. The maximum atomic E-state index is 13.9. The highest BCUT2D eigenvalue weighted by Gasteiger charge is 2.44. The van der Waals surface area contributed by atoms with Crippen LogP contribution in [0.2, 0.25) is 0 Å². The Bertz CT molecular complexity index is 1700. The number of pyridine rings is 1. The quantitative estimate of drug-likeness (QED) is 0.249. The van der Waals surface area contributed by atoms with Crippen molar-refractivity contribution in [2.45, 2.75) is 56.5 Å². The Balaban J connectivity index is 1.32. The molecule has 1 saturated carbocycles. The summed E-state index contributed by atoms with van der Waals surface area (Å²) >= 11 is 0. The molecule has 41 heavy (non-hydrogen) atoms. The van der Waals surface area contributed by atoms with Crippen LogP contribution in [0.25, 0.3) is 22.0 Å². The van der Waals surface area contributed by atoms with E-state index in [2.05, 4.69) is 30.3 Å². The van der Waals surface area contributed by atoms with Crippen molar-refractivity contribution in [2.75, 3.05) is 23.1 Å². The van der Waals surface area contributed by atoms with Crippen LogP contribution in [0.4, 0.5) is 16.0 Å². The largest absolute Gasteiger partial charge is 0.437 e. The molecule has 2 aliphatic rings. The molecule has 2 aromatic heterocycles. The Labute approximate surface area is 239 Å². The summed E-state index contributed by atoms with van der Waals surface area (Å²) in [6, 6.07) is 14.7. The van der Waals surface area contributed by atoms with Gasteiger partial charge in [0.2, 0.25) is 21.9 Å². The van der Waals surface area contributed by atoms with E-state index in [0.717, 1.165) is 22.8 Å². The van der Waals surface area contributed by atoms with E-state index in [1.165, 1.54) is 0 Å². The van der Waals surface area contributed by atoms with Crippen molar-refractivity contribution in [2.24, 2.45) is 0 Å². The summed E-state index contributed by atoms with van der Waals surface area (Å²) in [5, 5.41) is 7.80. The van der Waals surface area contributed by atoms with Crippen LogP contribution >= 0.6 is 0 Å². The van der Waals surface area contributed by atoms with Gasteiger partial charge in [0.05, 0.1) is 21.7 Å². The van der Waals surface area contributed by atoms with Gasteiger partial charge in [-0.1, -0.05) is 30.7 Å². The minimum atomic E-state index is -3.56. The predicted octanol–water partition coefficient (Wildman–Crippen LogP) is 5.59. The number of ether oxygens (including phenoxy) is 1. The van der Waals surface area contributed by atoms with Gasteiger partial charge in [0, 0.05) is 48.7 Å². The molecule has 0 radical (unpaired) electrons. The summed E-state index contributed by atoms with van der Waals surface area (Å²) in [6.45, 7) is 4.67. The molecule has 1 saturated heterocycles. The molecular weight excluding hydrogens is 543 g/mol. The molecule has 0 amide bonds. The number of aromatic nitrogens is 3. The molecule has 2 atom stereocenters. The Kier molecular flexibility index (Phi) is 7.25. The molecule has 1 aliphatic carbocycles. The van der Waals surface area contributed by atoms with Crippen molar-refractivity contribution in [3.05, 3.63) is 66.5 Å². The van der Waals surface area contributed by atoms with Gasteiger partial charge in [0.25, 0.3) is 0 Å². The minimum Gasteiger partial charge on any atom is -0.437 e. The fraction of sp³-hybridized carbons (Fsp3) is 0.367. The van der Waals surface area contributed by atoms with E-state index in [0.29, 0.717) is 66.9 Å². The number of nitrogens with zero attached hydrogens (tertiary/aromatic N) is 3. The number of halogens is 1. The van der Waals surface area contributed by atoms with Gasteiger partial charge in [-0.05, 0) is 56.5 Å². The van der Waals surface area contributed by atoms with E-state index >= 15 is 0 Å². The van der Waals surface area contributed by atoms with Crippen LogP contribution in [-0.2, 0) is 10.0 Å². The maximum Gasteiger partial charge on any atom is 0.238 e. The number of rotatable bonds is 8. The summed E-state index contributed by atoms with van der Waals surface area (Å²) in [5.41, 5.74) is 2.55. The van der Waals surface area contributed by atoms with Gasteiger partial charge in [-0.25, -0.2) is 27.8 Å². The topological polar surface area (TPSA) is 118 Å². The van der Waals surface area contributed by atoms with E-state index in [4.69, 9.17) is 4.74 Å². The second-order valence-corrected chi connectivity index (χ2v) is 13.3. The molecular formula is C30H33FN6O3S. The number of benzene rings is 2. The van der Waals surface area contributed by atoms with Crippen LogP contribution < -0.4 is 20.1 Å². The number of sulfonamides is 1. The Morgan fingerprint density at radius 2 is 1.85 bits per heavy atom. The Morgan fingerprint density at radius 1 is 1.05 bits per heavy atom. The number of anilines is 2. The van der Waals surface area contributed by atoms with Crippen LogP contribution in [-0.4, -0.2) is 53.4 Å². The fourth-order valence-corrected chi connectivity index (χ4v) is 6.97. The lowest BCUT2D eigenvalue weighted by Gasteiger charge is -2.37. The number of nitrogens with one attached hydrogen (secondary N) is 3. The van der Waals surface area contributed by atoms with E-state index < -0.39 is 20.9 Å². The summed E-state index contributed by atoms with van der Waals surface area (Å²) in [6.07, 6.45) is 4.98. The molecule has 6 rings (SSSR count). The second-order valence-electron chi connectivity index (χ2n) is 11.1. The number of hydrogen-bond acceptors (Lipinski definition) is 8. The second kappa shape index (κ2) is 10.9. The first-order chi connectivity index (χ1) is 19.7. The van der Waals surface area contributed by atoms with Crippen molar-refractivity contribution in [1.29, 1.82) is 0 Å². The van der Waals surface area contributed by atoms with E-state index in [-0.39, 0.29) is 6.04 Å². The Hall–Kier alpha value is -3.83. The van der Waals surface area contributed by atoms with Gasteiger partial charge in [0.1, 0.15) is 11.9 Å². The normalized spacial score (nSPS) is 20.3. The highest BCUT2D eigenvalue weighted by atomic mass is 32.2. The first kappa shape index (κ1) is 27.3. The van der Waals surface area contributed by atoms with Crippen molar-refractivity contribution in [3.63, 3.8) is 0 Å². The first-order valence-corrected chi connectivity index (χ1v) is 15.3. The summed E-state index contributed by atoms with van der Waals surface area (Å²) in [7, 11) is -3.56. The smallest absolute Gasteiger partial charge is 0.238 e. The van der Waals surface area contributed by atoms with Crippen LogP contribution in [0, 0.1) is 6.92 Å². The van der Waals surface area contributed by atoms with Crippen molar-refractivity contribution >= 4 is 32.4 Å². The SMILES string of the molecule is Cc1cc(NS(=O)(=O)C2(C)CCC2)c2ccccc2c1Oc1ncccc1-c1ccnc(N[C@@H]2CNC[C@@H](F)C2)n1. The molecule has 4 aromatic rings. The minimum absolute atomic E-state index is 0.115. The van der Waals surface area contributed by atoms with Crippen LogP contribution in [0.5, 0.6) is 11.6 Å². The summed E-state index contributed by atoms with van der Waals surface area (Å²) < 4.78 is 48.9.